The average Bonchev–Trinajstić information content (AvgIpc) is 2.64. The zero-order valence-corrected chi connectivity index (χ0v) is 13.3. The molecule has 0 amide bonds. The van der Waals surface area contributed by atoms with Gasteiger partial charge in [-0.15, -0.1) is 0 Å². The van der Waals surface area contributed by atoms with Gasteiger partial charge in [0, 0.05) is 5.03 Å². The lowest BCUT2D eigenvalue weighted by Crippen LogP contribution is -2.28. The van der Waals surface area contributed by atoms with Crippen LogP contribution < -0.4 is 0 Å². The molecule has 0 saturated carbocycles. The van der Waals surface area contributed by atoms with Crippen molar-refractivity contribution in [1.29, 1.82) is 0 Å². The van der Waals surface area contributed by atoms with Crippen LogP contribution in [0.1, 0.15) is 31.0 Å². The molecule has 1 atom stereocenters. The van der Waals surface area contributed by atoms with Crippen LogP contribution in [0.4, 0.5) is 0 Å². The standard InChI is InChI=1S/C19H20ClN/c1-3-21(4-2)19-17-12-8-7-11-16(17)15-10-6-5-9-14(15)13-18(19)20/h5-13,19H,3-4H2,1-2H3. The van der Waals surface area contributed by atoms with Gasteiger partial charge in [0.05, 0.1) is 6.04 Å². The number of nitrogens with zero attached hydrogens (tertiary/aromatic N) is 1. The van der Waals surface area contributed by atoms with Crippen LogP contribution in [-0.2, 0) is 0 Å². The number of likely N-dealkylation sites (N-methyl/N-ethyl adjacent to an activating group) is 1. The summed E-state index contributed by atoms with van der Waals surface area (Å²) in [6.07, 6.45) is 2.12. The Hall–Kier alpha value is -1.57. The summed E-state index contributed by atoms with van der Waals surface area (Å²) in [5, 5.41) is 0.899. The second-order valence-corrected chi connectivity index (χ2v) is 5.76. The van der Waals surface area contributed by atoms with E-state index in [1.54, 1.807) is 0 Å². The summed E-state index contributed by atoms with van der Waals surface area (Å²) in [5.41, 5.74) is 5.05. The Labute approximate surface area is 131 Å². The minimum atomic E-state index is 0.144. The van der Waals surface area contributed by atoms with E-state index in [1.807, 2.05) is 0 Å². The van der Waals surface area contributed by atoms with Crippen molar-refractivity contribution in [3.63, 3.8) is 0 Å². The van der Waals surface area contributed by atoms with Crippen LogP contribution in [0, 0.1) is 0 Å². The van der Waals surface area contributed by atoms with Crippen molar-refractivity contribution in [1.82, 2.24) is 4.90 Å². The quantitative estimate of drug-likeness (QED) is 0.740. The summed E-state index contributed by atoms with van der Waals surface area (Å²) in [6.45, 7) is 6.34. The number of fused-ring (bicyclic) bond motifs is 3. The lowest BCUT2D eigenvalue weighted by Gasteiger charge is -2.30. The molecule has 0 heterocycles. The van der Waals surface area contributed by atoms with Gasteiger partial charge in [0.2, 0.25) is 0 Å². The monoisotopic (exact) mass is 297 g/mol. The van der Waals surface area contributed by atoms with Gasteiger partial charge < -0.3 is 0 Å². The zero-order chi connectivity index (χ0) is 14.8. The molecule has 0 radical (unpaired) electrons. The summed E-state index contributed by atoms with van der Waals surface area (Å²) in [4.78, 5) is 2.41. The van der Waals surface area contributed by atoms with Crippen molar-refractivity contribution >= 4 is 17.7 Å². The third-order valence-corrected chi connectivity index (χ3v) is 4.55. The Morgan fingerprint density at radius 3 is 2.24 bits per heavy atom. The molecule has 0 N–H and O–H groups in total. The molecule has 1 unspecified atom stereocenters. The molecule has 0 aliphatic heterocycles. The molecular formula is C19H20ClN. The topological polar surface area (TPSA) is 3.24 Å². The van der Waals surface area contributed by atoms with Crippen LogP contribution >= 0.6 is 11.6 Å². The van der Waals surface area contributed by atoms with Crippen LogP contribution in [0.3, 0.4) is 0 Å². The van der Waals surface area contributed by atoms with Gasteiger partial charge in [0.15, 0.2) is 0 Å². The first-order valence-electron chi connectivity index (χ1n) is 7.55. The van der Waals surface area contributed by atoms with Crippen LogP contribution in [0.5, 0.6) is 0 Å². The summed E-state index contributed by atoms with van der Waals surface area (Å²) >= 11 is 6.71. The van der Waals surface area contributed by atoms with E-state index in [2.05, 4.69) is 73.4 Å². The van der Waals surface area contributed by atoms with E-state index < -0.39 is 0 Å². The van der Waals surface area contributed by atoms with Crippen LogP contribution in [0.2, 0.25) is 0 Å². The van der Waals surface area contributed by atoms with Crippen LogP contribution in [0.25, 0.3) is 17.2 Å². The van der Waals surface area contributed by atoms with Crippen LogP contribution in [0.15, 0.2) is 53.6 Å². The number of benzene rings is 2. The predicted molar refractivity (Wildman–Crippen MR) is 91.4 cm³/mol. The van der Waals surface area contributed by atoms with Crippen molar-refractivity contribution in [3.8, 4) is 11.1 Å². The molecule has 0 saturated heterocycles. The normalized spacial score (nSPS) is 17.0. The first kappa shape index (κ1) is 14.4. The van der Waals surface area contributed by atoms with Crippen LogP contribution in [-0.4, -0.2) is 18.0 Å². The van der Waals surface area contributed by atoms with E-state index in [1.165, 1.54) is 22.3 Å². The van der Waals surface area contributed by atoms with E-state index >= 15 is 0 Å². The molecule has 21 heavy (non-hydrogen) atoms. The number of hydrogen-bond acceptors (Lipinski definition) is 1. The number of rotatable bonds is 3. The third-order valence-electron chi connectivity index (χ3n) is 4.24. The van der Waals surface area contributed by atoms with Crippen molar-refractivity contribution in [3.05, 3.63) is 64.7 Å². The first-order valence-corrected chi connectivity index (χ1v) is 7.93. The third kappa shape index (κ3) is 2.52. The van der Waals surface area contributed by atoms with Crippen molar-refractivity contribution < 1.29 is 0 Å². The molecule has 0 aromatic heterocycles. The Morgan fingerprint density at radius 1 is 0.905 bits per heavy atom. The van der Waals surface area contributed by atoms with E-state index in [0.717, 1.165) is 18.1 Å². The second-order valence-electron chi connectivity index (χ2n) is 5.33. The first-order chi connectivity index (χ1) is 10.3. The smallest absolute Gasteiger partial charge is 0.0716 e. The van der Waals surface area contributed by atoms with Gasteiger partial charge in [-0.3, -0.25) is 4.90 Å². The average molecular weight is 298 g/mol. The zero-order valence-electron chi connectivity index (χ0n) is 12.5. The minimum Gasteiger partial charge on any atom is -0.292 e. The molecule has 2 aromatic carbocycles. The lowest BCUT2D eigenvalue weighted by molar-refractivity contribution is 0.255. The summed E-state index contributed by atoms with van der Waals surface area (Å²) < 4.78 is 0. The molecule has 108 valence electrons. The molecule has 2 heteroatoms. The summed E-state index contributed by atoms with van der Waals surface area (Å²) in [7, 11) is 0. The maximum atomic E-state index is 6.71. The van der Waals surface area contributed by atoms with E-state index in [9.17, 15) is 0 Å². The highest BCUT2D eigenvalue weighted by Crippen LogP contribution is 2.42. The molecule has 2 aromatic rings. The maximum absolute atomic E-state index is 6.71. The molecular weight excluding hydrogens is 278 g/mol. The predicted octanol–water partition coefficient (Wildman–Crippen LogP) is 5.33. The number of halogens is 1. The second kappa shape index (κ2) is 6.05. The Morgan fingerprint density at radius 2 is 1.52 bits per heavy atom. The Kier molecular flexibility index (Phi) is 4.14. The maximum Gasteiger partial charge on any atom is 0.0716 e. The van der Waals surface area contributed by atoms with Crippen molar-refractivity contribution in [2.75, 3.05) is 13.1 Å². The van der Waals surface area contributed by atoms with Gasteiger partial charge in [-0.2, -0.15) is 0 Å². The minimum absolute atomic E-state index is 0.144. The van der Waals surface area contributed by atoms with E-state index in [-0.39, 0.29) is 6.04 Å². The fourth-order valence-corrected chi connectivity index (χ4v) is 3.56. The molecule has 0 spiro atoms. The fraction of sp³-hybridized carbons (Fsp3) is 0.263. The highest BCUT2D eigenvalue weighted by Gasteiger charge is 2.27. The summed E-state index contributed by atoms with van der Waals surface area (Å²) in [5.74, 6) is 0. The Balaban J connectivity index is 2.26. The van der Waals surface area contributed by atoms with E-state index in [0.29, 0.717) is 0 Å². The van der Waals surface area contributed by atoms with Gasteiger partial charge >= 0.3 is 0 Å². The van der Waals surface area contributed by atoms with Crippen molar-refractivity contribution in [2.45, 2.75) is 19.9 Å². The van der Waals surface area contributed by atoms with E-state index in [4.69, 9.17) is 11.6 Å². The SMILES string of the molecule is CCN(CC)C1C(Cl)=Cc2ccccc2-c2ccccc21. The molecule has 1 aliphatic rings. The molecule has 1 nitrogen and oxygen atoms in total. The molecule has 0 bridgehead atoms. The largest absolute Gasteiger partial charge is 0.292 e. The molecule has 0 fully saturated rings. The van der Waals surface area contributed by atoms with Crippen molar-refractivity contribution in [2.24, 2.45) is 0 Å². The number of hydrogen-bond donors (Lipinski definition) is 0. The van der Waals surface area contributed by atoms with Gasteiger partial charge in [0.1, 0.15) is 0 Å². The highest BCUT2D eigenvalue weighted by atomic mass is 35.5. The highest BCUT2D eigenvalue weighted by molar-refractivity contribution is 6.32. The Bertz CT molecular complexity index is 671. The van der Waals surface area contributed by atoms with Gasteiger partial charge in [-0.05, 0) is 41.4 Å². The summed E-state index contributed by atoms with van der Waals surface area (Å²) in [6, 6.07) is 17.2. The van der Waals surface area contributed by atoms with Gasteiger partial charge in [-0.1, -0.05) is 74.0 Å². The fourth-order valence-electron chi connectivity index (χ4n) is 3.18. The van der Waals surface area contributed by atoms with Gasteiger partial charge in [0.25, 0.3) is 0 Å². The molecule has 1 aliphatic carbocycles. The molecule has 3 rings (SSSR count). The lowest BCUT2D eigenvalue weighted by atomic mass is 9.94. The van der Waals surface area contributed by atoms with Gasteiger partial charge in [-0.25, -0.2) is 0 Å².